The highest BCUT2D eigenvalue weighted by Gasteiger charge is 2.38. The molecule has 8 nitrogen and oxygen atoms in total. The summed E-state index contributed by atoms with van der Waals surface area (Å²) in [6.07, 6.45) is 0. The van der Waals surface area contributed by atoms with Crippen molar-refractivity contribution in [3.63, 3.8) is 0 Å². The molecule has 0 N–H and O–H groups in total. The van der Waals surface area contributed by atoms with E-state index in [0.29, 0.717) is 0 Å². The Kier molecular flexibility index (Phi) is 3.57. The van der Waals surface area contributed by atoms with Crippen molar-refractivity contribution in [3.05, 3.63) is 63.7 Å². The maximum atomic E-state index is 12.5. The number of amides is 2. The van der Waals surface area contributed by atoms with Gasteiger partial charge in [0.15, 0.2) is 5.75 Å². The van der Waals surface area contributed by atoms with Gasteiger partial charge in [0, 0.05) is 13.0 Å². The minimum absolute atomic E-state index is 0.0259. The maximum absolute atomic E-state index is 12.5. The first-order valence-corrected chi connectivity index (χ1v) is 6.85. The van der Waals surface area contributed by atoms with E-state index in [2.05, 4.69) is 0 Å². The smallest absolute Gasteiger partial charge is 0.308 e. The van der Waals surface area contributed by atoms with Crippen LogP contribution in [0, 0.1) is 10.1 Å². The Morgan fingerprint density at radius 2 is 1.67 bits per heavy atom. The van der Waals surface area contributed by atoms with Crippen LogP contribution in [-0.2, 0) is 4.79 Å². The van der Waals surface area contributed by atoms with Gasteiger partial charge >= 0.3 is 5.97 Å². The van der Waals surface area contributed by atoms with Gasteiger partial charge in [0.2, 0.25) is 0 Å². The summed E-state index contributed by atoms with van der Waals surface area (Å²) < 4.78 is 4.95. The highest BCUT2D eigenvalue weighted by atomic mass is 16.6. The molecule has 0 unspecified atom stereocenters. The summed E-state index contributed by atoms with van der Waals surface area (Å²) in [6.45, 7) is 1.12. The molecule has 0 fully saturated rings. The Morgan fingerprint density at radius 1 is 1.08 bits per heavy atom. The molecule has 1 aliphatic rings. The number of ether oxygens (including phenoxy) is 1. The standard InChI is InChI=1S/C16H10N2O6/c1-9(19)24-14-8-10(18(22)23)6-7-13(14)17-15(20)11-4-2-3-5-12(11)16(17)21/h2-8H,1H3. The zero-order chi connectivity index (χ0) is 17.4. The molecule has 2 aromatic carbocycles. The third-order valence-corrected chi connectivity index (χ3v) is 3.44. The molecule has 8 heteroatoms. The number of nitrogens with zero attached hydrogens (tertiary/aromatic N) is 2. The molecular weight excluding hydrogens is 316 g/mol. The number of carbonyl (C=O) groups is 3. The van der Waals surface area contributed by atoms with Gasteiger partial charge in [-0.3, -0.25) is 24.5 Å². The number of anilines is 1. The average Bonchev–Trinajstić information content (AvgIpc) is 2.79. The summed E-state index contributed by atoms with van der Waals surface area (Å²) in [7, 11) is 0. The van der Waals surface area contributed by atoms with E-state index in [9.17, 15) is 24.5 Å². The third-order valence-electron chi connectivity index (χ3n) is 3.44. The molecule has 1 aliphatic heterocycles. The number of nitro groups is 1. The molecule has 0 saturated heterocycles. The number of non-ortho nitro benzene ring substituents is 1. The van der Waals surface area contributed by atoms with Gasteiger partial charge in [0.05, 0.1) is 27.8 Å². The van der Waals surface area contributed by atoms with E-state index in [-0.39, 0.29) is 28.3 Å². The van der Waals surface area contributed by atoms with Gasteiger partial charge < -0.3 is 4.74 Å². The Labute approximate surface area is 135 Å². The van der Waals surface area contributed by atoms with Crippen molar-refractivity contribution in [1.29, 1.82) is 0 Å². The molecule has 0 radical (unpaired) electrons. The normalized spacial score (nSPS) is 13.0. The van der Waals surface area contributed by atoms with E-state index < -0.39 is 22.7 Å². The van der Waals surface area contributed by atoms with E-state index in [4.69, 9.17) is 4.74 Å². The number of hydrogen-bond donors (Lipinski definition) is 0. The summed E-state index contributed by atoms with van der Waals surface area (Å²) in [5.41, 5.74) is 0.0814. The molecule has 2 amide bonds. The number of carbonyl (C=O) groups excluding carboxylic acids is 3. The van der Waals surface area contributed by atoms with E-state index in [0.717, 1.165) is 24.0 Å². The van der Waals surface area contributed by atoms with Crippen LogP contribution in [0.4, 0.5) is 11.4 Å². The number of esters is 1. The summed E-state index contributed by atoms with van der Waals surface area (Å²) >= 11 is 0. The summed E-state index contributed by atoms with van der Waals surface area (Å²) in [5, 5.41) is 10.9. The van der Waals surface area contributed by atoms with Crippen LogP contribution in [0.5, 0.6) is 5.75 Å². The molecule has 0 spiro atoms. The lowest BCUT2D eigenvalue weighted by Crippen LogP contribution is -2.30. The minimum Gasteiger partial charge on any atom is -0.424 e. The topological polar surface area (TPSA) is 107 Å². The monoisotopic (exact) mass is 326 g/mol. The van der Waals surface area contributed by atoms with E-state index >= 15 is 0 Å². The van der Waals surface area contributed by atoms with Gasteiger partial charge in [-0.25, -0.2) is 4.90 Å². The van der Waals surface area contributed by atoms with Crippen LogP contribution in [-0.4, -0.2) is 22.7 Å². The van der Waals surface area contributed by atoms with Crippen molar-refractivity contribution in [2.75, 3.05) is 4.90 Å². The molecule has 0 aliphatic carbocycles. The fraction of sp³-hybridized carbons (Fsp3) is 0.0625. The zero-order valence-electron chi connectivity index (χ0n) is 12.4. The van der Waals surface area contributed by atoms with Gasteiger partial charge in [0.1, 0.15) is 0 Å². The lowest BCUT2D eigenvalue weighted by molar-refractivity contribution is -0.384. The van der Waals surface area contributed by atoms with E-state index in [1.54, 1.807) is 12.1 Å². The molecule has 0 bridgehead atoms. The minimum atomic E-state index is -0.728. The van der Waals surface area contributed by atoms with Crippen molar-refractivity contribution in [1.82, 2.24) is 0 Å². The fourth-order valence-corrected chi connectivity index (χ4v) is 2.45. The number of benzene rings is 2. The van der Waals surface area contributed by atoms with Crippen LogP contribution in [0.3, 0.4) is 0 Å². The highest BCUT2D eigenvalue weighted by molar-refractivity contribution is 6.34. The first kappa shape index (κ1) is 15.3. The molecule has 2 aromatic rings. The first-order valence-electron chi connectivity index (χ1n) is 6.85. The van der Waals surface area contributed by atoms with E-state index in [1.807, 2.05) is 0 Å². The predicted molar refractivity (Wildman–Crippen MR) is 82.0 cm³/mol. The lowest BCUT2D eigenvalue weighted by Gasteiger charge is -2.17. The number of rotatable bonds is 3. The van der Waals surface area contributed by atoms with E-state index in [1.165, 1.54) is 18.2 Å². The fourth-order valence-electron chi connectivity index (χ4n) is 2.45. The molecule has 120 valence electrons. The summed E-state index contributed by atoms with van der Waals surface area (Å²) in [6, 6.07) is 9.59. The molecule has 0 atom stereocenters. The van der Waals surface area contributed by atoms with Crippen LogP contribution in [0.1, 0.15) is 27.6 Å². The van der Waals surface area contributed by atoms with Crippen LogP contribution in [0.2, 0.25) is 0 Å². The molecule has 3 rings (SSSR count). The van der Waals surface area contributed by atoms with Gasteiger partial charge in [-0.1, -0.05) is 12.1 Å². The maximum Gasteiger partial charge on any atom is 0.308 e. The van der Waals surface area contributed by atoms with Crippen LogP contribution >= 0.6 is 0 Å². The number of fused-ring (bicyclic) bond motifs is 1. The van der Waals surface area contributed by atoms with Gasteiger partial charge in [-0.05, 0) is 18.2 Å². The van der Waals surface area contributed by atoms with Crippen molar-refractivity contribution >= 4 is 29.2 Å². The molecule has 0 saturated carbocycles. The number of imide groups is 1. The molecule has 0 aromatic heterocycles. The Balaban J connectivity index is 2.13. The third kappa shape index (κ3) is 2.39. The second-order valence-electron chi connectivity index (χ2n) is 4.99. The zero-order valence-corrected chi connectivity index (χ0v) is 12.4. The van der Waals surface area contributed by atoms with Crippen molar-refractivity contribution in [3.8, 4) is 5.75 Å². The first-order chi connectivity index (χ1) is 11.4. The summed E-state index contributed by atoms with van der Waals surface area (Å²) in [5.74, 6) is -2.13. The molecule has 1 heterocycles. The second-order valence-corrected chi connectivity index (χ2v) is 4.99. The van der Waals surface area contributed by atoms with Crippen LogP contribution in [0.15, 0.2) is 42.5 Å². The van der Waals surface area contributed by atoms with Gasteiger partial charge in [-0.2, -0.15) is 0 Å². The Bertz CT molecular complexity index is 870. The van der Waals surface area contributed by atoms with Crippen molar-refractivity contribution < 1.29 is 24.0 Å². The van der Waals surface area contributed by atoms with Gasteiger partial charge in [0.25, 0.3) is 17.5 Å². The SMILES string of the molecule is CC(=O)Oc1cc([N+](=O)[O-])ccc1N1C(=O)c2ccccc2C1=O. The van der Waals surface area contributed by atoms with Gasteiger partial charge in [-0.15, -0.1) is 0 Å². The average molecular weight is 326 g/mol. The number of nitro benzene ring substituents is 1. The van der Waals surface area contributed by atoms with Crippen molar-refractivity contribution in [2.45, 2.75) is 6.92 Å². The second kappa shape index (κ2) is 5.58. The lowest BCUT2D eigenvalue weighted by atomic mass is 10.1. The number of hydrogen-bond acceptors (Lipinski definition) is 6. The van der Waals surface area contributed by atoms with Crippen LogP contribution < -0.4 is 9.64 Å². The molecular formula is C16H10N2O6. The predicted octanol–water partition coefficient (Wildman–Crippen LogP) is 2.32. The highest BCUT2D eigenvalue weighted by Crippen LogP contribution is 2.37. The molecule has 24 heavy (non-hydrogen) atoms. The quantitative estimate of drug-likeness (QED) is 0.282. The Morgan fingerprint density at radius 3 is 2.17 bits per heavy atom. The Hall–Kier alpha value is -3.55. The largest absolute Gasteiger partial charge is 0.424 e. The summed E-state index contributed by atoms with van der Waals surface area (Å²) in [4.78, 5) is 47.3. The van der Waals surface area contributed by atoms with Crippen LogP contribution in [0.25, 0.3) is 0 Å². The van der Waals surface area contributed by atoms with Crippen molar-refractivity contribution in [2.24, 2.45) is 0 Å².